The van der Waals surface area contributed by atoms with Crippen LogP contribution in [-0.4, -0.2) is 15.5 Å². The molecular weight excluding hydrogens is 250 g/mol. The van der Waals surface area contributed by atoms with Crippen molar-refractivity contribution in [2.24, 2.45) is 5.92 Å². The van der Waals surface area contributed by atoms with Crippen LogP contribution < -0.4 is 5.32 Å². The number of benzene rings is 1. The van der Waals surface area contributed by atoms with Crippen LogP contribution in [0.1, 0.15) is 26.1 Å². The Hall–Kier alpha value is -2.10. The molecule has 2 aromatic rings. The number of aromatic nitrogens is 2. The summed E-state index contributed by atoms with van der Waals surface area (Å²) in [5.74, 6) is 1.22. The molecule has 1 N–H and O–H groups in total. The van der Waals surface area contributed by atoms with E-state index >= 15 is 0 Å². The standard InChI is InChI=1S/C16H19N3O/c1-11(2)16(20)18-13-7-5-12(6-8-13)14-10-17-15-4-3-9-19(14)15/h5-8,10-11H,3-4,9H2,1-2H3,(H,18,20). The molecule has 2 heterocycles. The van der Waals surface area contributed by atoms with E-state index in [9.17, 15) is 4.79 Å². The van der Waals surface area contributed by atoms with E-state index in [4.69, 9.17) is 0 Å². The third-order valence-electron chi connectivity index (χ3n) is 3.69. The van der Waals surface area contributed by atoms with Gasteiger partial charge < -0.3 is 9.88 Å². The minimum Gasteiger partial charge on any atom is -0.328 e. The molecule has 3 rings (SSSR count). The van der Waals surface area contributed by atoms with Crippen molar-refractivity contribution in [1.82, 2.24) is 9.55 Å². The molecule has 1 aliphatic heterocycles. The molecule has 0 bridgehead atoms. The van der Waals surface area contributed by atoms with E-state index in [1.165, 1.54) is 17.9 Å². The first kappa shape index (κ1) is 12.9. The minimum absolute atomic E-state index is 0.00669. The Kier molecular flexibility index (Phi) is 3.30. The van der Waals surface area contributed by atoms with Crippen LogP contribution in [0.3, 0.4) is 0 Å². The third-order valence-corrected chi connectivity index (χ3v) is 3.69. The Labute approximate surface area is 118 Å². The van der Waals surface area contributed by atoms with Gasteiger partial charge in [0.15, 0.2) is 0 Å². The molecule has 0 aliphatic carbocycles. The van der Waals surface area contributed by atoms with Crippen LogP contribution in [0.15, 0.2) is 30.5 Å². The number of rotatable bonds is 3. The number of aryl methyl sites for hydroxylation is 1. The second-order valence-electron chi connectivity index (χ2n) is 5.54. The highest BCUT2D eigenvalue weighted by Crippen LogP contribution is 2.26. The number of nitrogens with one attached hydrogen (secondary N) is 1. The van der Waals surface area contributed by atoms with Gasteiger partial charge in [0.2, 0.25) is 5.91 Å². The molecule has 0 atom stereocenters. The van der Waals surface area contributed by atoms with Gasteiger partial charge in [-0.3, -0.25) is 4.79 Å². The molecule has 1 aromatic heterocycles. The van der Waals surface area contributed by atoms with Crippen LogP contribution >= 0.6 is 0 Å². The fourth-order valence-electron chi connectivity index (χ4n) is 2.50. The SMILES string of the molecule is CC(C)C(=O)Nc1ccc(-c2cnc3n2CCC3)cc1. The van der Waals surface area contributed by atoms with Gasteiger partial charge in [0.1, 0.15) is 5.82 Å². The van der Waals surface area contributed by atoms with Crippen molar-refractivity contribution in [1.29, 1.82) is 0 Å². The van der Waals surface area contributed by atoms with Crippen LogP contribution in [0.25, 0.3) is 11.3 Å². The van der Waals surface area contributed by atoms with Gasteiger partial charge in [-0.25, -0.2) is 4.98 Å². The molecule has 20 heavy (non-hydrogen) atoms. The van der Waals surface area contributed by atoms with Crippen LogP contribution in [0.4, 0.5) is 5.69 Å². The summed E-state index contributed by atoms with van der Waals surface area (Å²) < 4.78 is 2.28. The lowest BCUT2D eigenvalue weighted by atomic mass is 10.1. The second-order valence-corrected chi connectivity index (χ2v) is 5.54. The molecule has 0 fully saturated rings. The topological polar surface area (TPSA) is 46.9 Å². The molecule has 1 aliphatic rings. The first-order valence-corrected chi connectivity index (χ1v) is 7.11. The van der Waals surface area contributed by atoms with Gasteiger partial charge in [0.05, 0.1) is 11.9 Å². The normalized spacial score (nSPS) is 13.6. The summed E-state index contributed by atoms with van der Waals surface area (Å²) in [6.45, 7) is 4.83. The Morgan fingerprint density at radius 2 is 2.05 bits per heavy atom. The van der Waals surface area contributed by atoms with E-state index in [1.54, 1.807) is 0 Å². The Bertz CT molecular complexity index is 626. The molecule has 0 spiro atoms. The molecule has 0 unspecified atom stereocenters. The highest BCUT2D eigenvalue weighted by atomic mass is 16.1. The van der Waals surface area contributed by atoms with Gasteiger partial charge in [0.25, 0.3) is 0 Å². The van der Waals surface area contributed by atoms with Crippen LogP contribution in [-0.2, 0) is 17.8 Å². The molecule has 0 saturated carbocycles. The highest BCUT2D eigenvalue weighted by Gasteiger charge is 2.16. The molecule has 1 aromatic carbocycles. The number of hydrogen-bond acceptors (Lipinski definition) is 2. The number of hydrogen-bond donors (Lipinski definition) is 1. The summed E-state index contributed by atoms with van der Waals surface area (Å²) in [6.07, 6.45) is 4.19. The molecule has 4 heteroatoms. The average Bonchev–Trinajstić information content (AvgIpc) is 3.02. The maximum absolute atomic E-state index is 11.7. The Morgan fingerprint density at radius 3 is 2.75 bits per heavy atom. The number of carbonyl (C=O) groups is 1. The van der Waals surface area contributed by atoms with Crippen molar-refractivity contribution in [2.75, 3.05) is 5.32 Å². The lowest BCUT2D eigenvalue weighted by Gasteiger charge is -2.09. The summed E-state index contributed by atoms with van der Waals surface area (Å²) >= 11 is 0. The maximum atomic E-state index is 11.7. The lowest BCUT2D eigenvalue weighted by molar-refractivity contribution is -0.118. The predicted octanol–water partition coefficient (Wildman–Crippen LogP) is 3.09. The van der Waals surface area contributed by atoms with E-state index in [1.807, 2.05) is 44.3 Å². The number of nitrogens with zero attached hydrogens (tertiary/aromatic N) is 2. The van der Waals surface area contributed by atoms with E-state index in [-0.39, 0.29) is 11.8 Å². The van der Waals surface area contributed by atoms with Gasteiger partial charge in [0, 0.05) is 24.6 Å². The number of amides is 1. The van der Waals surface area contributed by atoms with Crippen LogP contribution in [0, 0.1) is 5.92 Å². The molecule has 0 saturated heterocycles. The maximum Gasteiger partial charge on any atom is 0.226 e. The molecule has 104 valence electrons. The minimum atomic E-state index is -0.00669. The van der Waals surface area contributed by atoms with E-state index < -0.39 is 0 Å². The van der Waals surface area contributed by atoms with Crippen molar-refractivity contribution >= 4 is 11.6 Å². The van der Waals surface area contributed by atoms with Crippen molar-refractivity contribution in [3.8, 4) is 11.3 Å². The summed E-state index contributed by atoms with van der Waals surface area (Å²) in [6, 6.07) is 7.98. The number of anilines is 1. The quantitative estimate of drug-likeness (QED) is 0.930. The Morgan fingerprint density at radius 1 is 1.30 bits per heavy atom. The molecule has 4 nitrogen and oxygen atoms in total. The van der Waals surface area contributed by atoms with Crippen molar-refractivity contribution in [3.63, 3.8) is 0 Å². The largest absolute Gasteiger partial charge is 0.328 e. The zero-order valence-electron chi connectivity index (χ0n) is 11.9. The van der Waals surface area contributed by atoms with Gasteiger partial charge in [-0.1, -0.05) is 26.0 Å². The zero-order valence-corrected chi connectivity index (χ0v) is 11.9. The molecule has 0 radical (unpaired) electrons. The van der Waals surface area contributed by atoms with Gasteiger partial charge in [-0.05, 0) is 24.1 Å². The van der Waals surface area contributed by atoms with Gasteiger partial charge in [-0.15, -0.1) is 0 Å². The van der Waals surface area contributed by atoms with E-state index in [0.29, 0.717) is 0 Å². The van der Waals surface area contributed by atoms with Crippen LogP contribution in [0.5, 0.6) is 0 Å². The molecular formula is C16H19N3O. The second kappa shape index (κ2) is 5.12. The monoisotopic (exact) mass is 269 g/mol. The predicted molar refractivity (Wildman–Crippen MR) is 79.5 cm³/mol. The molecule has 1 amide bonds. The first-order valence-electron chi connectivity index (χ1n) is 7.11. The Balaban J connectivity index is 1.81. The van der Waals surface area contributed by atoms with E-state index in [0.717, 1.165) is 24.2 Å². The van der Waals surface area contributed by atoms with Gasteiger partial charge in [-0.2, -0.15) is 0 Å². The van der Waals surface area contributed by atoms with Crippen LogP contribution in [0.2, 0.25) is 0 Å². The summed E-state index contributed by atoms with van der Waals surface area (Å²) in [5, 5.41) is 2.90. The van der Waals surface area contributed by atoms with Gasteiger partial charge >= 0.3 is 0 Å². The lowest BCUT2D eigenvalue weighted by Crippen LogP contribution is -2.17. The summed E-state index contributed by atoms with van der Waals surface area (Å²) in [4.78, 5) is 16.1. The smallest absolute Gasteiger partial charge is 0.226 e. The summed E-state index contributed by atoms with van der Waals surface area (Å²) in [5.41, 5.74) is 3.15. The van der Waals surface area contributed by atoms with E-state index in [2.05, 4.69) is 14.9 Å². The fourth-order valence-corrected chi connectivity index (χ4v) is 2.50. The number of carbonyl (C=O) groups excluding carboxylic acids is 1. The summed E-state index contributed by atoms with van der Waals surface area (Å²) in [7, 11) is 0. The first-order chi connectivity index (χ1) is 9.65. The fraction of sp³-hybridized carbons (Fsp3) is 0.375. The van der Waals surface area contributed by atoms with Crippen molar-refractivity contribution < 1.29 is 4.79 Å². The van der Waals surface area contributed by atoms with Crippen molar-refractivity contribution in [2.45, 2.75) is 33.2 Å². The number of imidazole rings is 1. The third kappa shape index (κ3) is 2.33. The van der Waals surface area contributed by atoms with Crippen molar-refractivity contribution in [3.05, 3.63) is 36.3 Å². The number of fused-ring (bicyclic) bond motifs is 1. The highest BCUT2D eigenvalue weighted by molar-refractivity contribution is 5.92. The zero-order chi connectivity index (χ0) is 14.1. The average molecular weight is 269 g/mol.